The van der Waals surface area contributed by atoms with Gasteiger partial charge in [-0.05, 0) is 28.2 Å². The highest BCUT2D eigenvalue weighted by atomic mass is 28.5. The second-order valence-corrected chi connectivity index (χ2v) is 21.0. The lowest BCUT2D eigenvalue weighted by Gasteiger charge is -2.51. The molecule has 2 fully saturated rings. The van der Waals surface area contributed by atoms with Crippen LogP contribution in [-0.4, -0.2) is 77.7 Å². The Bertz CT molecular complexity index is 1160. The van der Waals surface area contributed by atoms with Gasteiger partial charge in [0.15, 0.2) is 6.23 Å². The van der Waals surface area contributed by atoms with E-state index >= 15 is 0 Å². The van der Waals surface area contributed by atoms with Gasteiger partial charge in [0.25, 0.3) is 0 Å². The van der Waals surface area contributed by atoms with Crippen LogP contribution in [-0.2, 0) is 36.7 Å². The van der Waals surface area contributed by atoms with Crippen molar-refractivity contribution < 1.29 is 36.7 Å². The summed E-state index contributed by atoms with van der Waals surface area (Å²) in [6.45, 7) is 18.6. The molecule has 0 aliphatic carbocycles. The summed E-state index contributed by atoms with van der Waals surface area (Å²) in [5.74, 6) is -0.204. The zero-order chi connectivity index (χ0) is 31.9. The van der Waals surface area contributed by atoms with Crippen LogP contribution in [0.25, 0.3) is 0 Å². The van der Waals surface area contributed by atoms with Gasteiger partial charge in [0.2, 0.25) is 5.91 Å². The number of fused-ring (bicyclic) bond motifs is 1. The van der Waals surface area contributed by atoms with E-state index in [1.807, 2.05) is 6.07 Å². The number of nitrogens with one attached hydrogen (secondary N) is 1. The number of anilines is 1. The second kappa shape index (κ2) is 15.3. The number of nitriles is 1. The van der Waals surface area contributed by atoms with Gasteiger partial charge in [-0.1, -0.05) is 55.4 Å². The third kappa shape index (κ3) is 7.99. The first-order chi connectivity index (χ1) is 20.3. The van der Waals surface area contributed by atoms with E-state index in [0.717, 1.165) is 0 Å². The summed E-state index contributed by atoms with van der Waals surface area (Å²) in [6.07, 6.45) is -1.16. The molecule has 13 nitrogen and oxygen atoms in total. The third-order valence-corrected chi connectivity index (χ3v) is 18.1. The van der Waals surface area contributed by atoms with Gasteiger partial charge in [-0.2, -0.15) is 10.2 Å². The molecular formula is C28H48N4O9Si2. The van der Waals surface area contributed by atoms with Crippen LogP contribution in [0, 0.1) is 11.3 Å². The Balaban J connectivity index is 2.03. The number of amides is 1. The zero-order valence-electron chi connectivity index (χ0n) is 26.8. The van der Waals surface area contributed by atoms with Gasteiger partial charge < -0.3 is 37.2 Å². The van der Waals surface area contributed by atoms with Crippen LogP contribution in [0.5, 0.6) is 0 Å². The van der Waals surface area contributed by atoms with Crippen molar-refractivity contribution >= 4 is 28.8 Å². The fraction of sp³-hybridized carbons (Fsp3) is 0.786. The van der Waals surface area contributed by atoms with Crippen molar-refractivity contribution in [2.75, 3.05) is 32.1 Å². The molecule has 1 aromatic heterocycles. The summed E-state index contributed by atoms with van der Waals surface area (Å²) in [7, 11) is -5.83. The van der Waals surface area contributed by atoms with Crippen molar-refractivity contribution in [1.82, 2.24) is 9.55 Å². The van der Waals surface area contributed by atoms with Crippen LogP contribution in [0.1, 0.15) is 75.0 Å². The molecule has 0 unspecified atom stereocenters. The fourth-order valence-corrected chi connectivity index (χ4v) is 17.0. The largest absolute Gasteiger partial charge is 0.414 e. The first-order valence-electron chi connectivity index (χ1n) is 15.0. The van der Waals surface area contributed by atoms with Gasteiger partial charge in [-0.15, -0.1) is 0 Å². The van der Waals surface area contributed by atoms with E-state index in [1.54, 1.807) is 0 Å². The van der Waals surface area contributed by atoms with E-state index < -0.39 is 47.4 Å². The average Bonchev–Trinajstić information content (AvgIpc) is 3.23. The SMILES string of the molecule is CC(=O)Nc1ccn([C@@H]2O[C@@H]3CO[Si](C(C)C)(C(C)C)O[Si](C(C)C)(C(C)C)O[C@@H]3[C@@H]2OCOCOCCC#N)c(=O)n1. The van der Waals surface area contributed by atoms with Gasteiger partial charge in [0, 0.05) is 13.1 Å². The maximum absolute atomic E-state index is 13.2. The van der Waals surface area contributed by atoms with Crippen molar-refractivity contribution in [2.24, 2.45) is 0 Å². The van der Waals surface area contributed by atoms with Gasteiger partial charge in [0.05, 0.1) is 25.7 Å². The van der Waals surface area contributed by atoms with Crippen LogP contribution < -0.4 is 11.0 Å². The Morgan fingerprint density at radius 2 is 1.74 bits per heavy atom. The summed E-state index contributed by atoms with van der Waals surface area (Å²) in [4.78, 5) is 28.7. The van der Waals surface area contributed by atoms with E-state index in [2.05, 4.69) is 65.7 Å². The Labute approximate surface area is 256 Å². The maximum atomic E-state index is 13.2. The predicted octanol–water partition coefficient (Wildman–Crippen LogP) is 4.30. The highest BCUT2D eigenvalue weighted by Gasteiger charge is 2.62. The van der Waals surface area contributed by atoms with Crippen LogP contribution in [0.15, 0.2) is 17.1 Å². The molecule has 1 aromatic rings. The molecule has 2 aliphatic rings. The summed E-state index contributed by atoms with van der Waals surface area (Å²) < 4.78 is 46.3. The fourth-order valence-electron chi connectivity index (χ4n) is 5.78. The first-order valence-corrected chi connectivity index (χ1v) is 18.9. The minimum atomic E-state index is -3.02. The number of carbonyl (C=O) groups is 1. The van der Waals surface area contributed by atoms with E-state index in [0.29, 0.717) is 0 Å². The highest BCUT2D eigenvalue weighted by Crippen LogP contribution is 2.48. The van der Waals surface area contributed by atoms with Crippen LogP contribution in [0.4, 0.5) is 5.82 Å². The molecule has 3 heterocycles. The number of hydrogen-bond acceptors (Lipinski definition) is 11. The zero-order valence-corrected chi connectivity index (χ0v) is 28.8. The molecule has 43 heavy (non-hydrogen) atoms. The Hall–Kier alpha value is -2.01. The number of ether oxygens (including phenoxy) is 4. The number of aromatic nitrogens is 2. The quantitative estimate of drug-likeness (QED) is 0.187. The van der Waals surface area contributed by atoms with E-state index in [-0.39, 0.29) is 67.1 Å². The average molecular weight is 641 g/mol. The number of rotatable bonds is 13. The predicted molar refractivity (Wildman–Crippen MR) is 162 cm³/mol. The molecule has 0 spiro atoms. The van der Waals surface area contributed by atoms with Crippen molar-refractivity contribution in [3.8, 4) is 6.07 Å². The topological polar surface area (TPSA) is 152 Å². The van der Waals surface area contributed by atoms with E-state index in [1.165, 1.54) is 23.8 Å². The summed E-state index contributed by atoms with van der Waals surface area (Å²) in [5, 5.41) is 11.2. The lowest BCUT2D eigenvalue weighted by molar-refractivity contribution is -0.175. The monoisotopic (exact) mass is 640 g/mol. The van der Waals surface area contributed by atoms with E-state index in [9.17, 15) is 9.59 Å². The molecule has 2 aliphatic heterocycles. The number of nitrogens with zero attached hydrogens (tertiary/aromatic N) is 3. The molecule has 1 N–H and O–H groups in total. The van der Waals surface area contributed by atoms with Crippen molar-refractivity contribution in [3.05, 3.63) is 22.7 Å². The Kier molecular flexibility index (Phi) is 12.6. The molecule has 4 atom stereocenters. The Morgan fingerprint density at radius 1 is 1.09 bits per heavy atom. The third-order valence-electron chi connectivity index (χ3n) is 7.89. The van der Waals surface area contributed by atoms with Crippen LogP contribution >= 0.6 is 0 Å². The van der Waals surface area contributed by atoms with Gasteiger partial charge in [-0.25, -0.2) is 4.79 Å². The van der Waals surface area contributed by atoms with Crippen LogP contribution in [0.2, 0.25) is 22.2 Å². The molecule has 2 saturated heterocycles. The second-order valence-electron chi connectivity index (χ2n) is 12.2. The maximum Gasteiger partial charge on any atom is 0.351 e. The van der Waals surface area contributed by atoms with Crippen molar-refractivity contribution in [2.45, 2.75) is 115 Å². The number of hydrogen-bond donors (Lipinski definition) is 1. The molecule has 15 heteroatoms. The molecule has 1 amide bonds. The van der Waals surface area contributed by atoms with Crippen molar-refractivity contribution in [1.29, 1.82) is 5.26 Å². The minimum absolute atomic E-state index is 0.0679. The van der Waals surface area contributed by atoms with Gasteiger partial charge in [-0.3, -0.25) is 9.36 Å². The molecular weight excluding hydrogens is 592 g/mol. The molecule has 0 bridgehead atoms. The molecule has 242 valence electrons. The van der Waals surface area contributed by atoms with Gasteiger partial charge >= 0.3 is 22.8 Å². The lowest BCUT2D eigenvalue weighted by Crippen LogP contribution is -2.66. The van der Waals surface area contributed by atoms with Gasteiger partial charge in [0.1, 0.15) is 37.7 Å². The highest BCUT2D eigenvalue weighted by molar-refractivity contribution is 6.84. The molecule has 0 saturated carbocycles. The standard InChI is InChI=1S/C28H48N4O9Si2/c1-18(2)42(19(3)4)38-15-23-25(40-43(41-42,20(5)6)21(7)8)26(37-17-36-16-35-14-10-12-29)27(39-23)32-13-11-24(30-22(9)33)31-28(32)34/h11,13,18-21,23,25-27H,10,14-17H2,1-9H3,(H,30,31,33,34)/t23-,25+,26+,27-/m1/s1. The smallest absolute Gasteiger partial charge is 0.351 e. The summed E-state index contributed by atoms with van der Waals surface area (Å²) >= 11 is 0. The molecule has 0 aromatic carbocycles. The van der Waals surface area contributed by atoms with Crippen molar-refractivity contribution in [3.63, 3.8) is 0 Å². The summed E-state index contributed by atoms with van der Waals surface area (Å²) in [5.41, 5.74) is -0.163. The lowest BCUT2D eigenvalue weighted by atomic mass is 10.1. The molecule has 3 rings (SSSR count). The number of carbonyl (C=O) groups excluding carboxylic acids is 1. The first kappa shape index (κ1) is 35.5. The van der Waals surface area contributed by atoms with E-state index in [4.69, 9.17) is 37.2 Å². The summed E-state index contributed by atoms with van der Waals surface area (Å²) in [6, 6.07) is 3.54. The Morgan fingerprint density at radius 3 is 2.30 bits per heavy atom. The normalized spacial score (nSPS) is 25.0. The van der Waals surface area contributed by atoms with Crippen LogP contribution in [0.3, 0.4) is 0 Å². The molecule has 0 radical (unpaired) electrons. The minimum Gasteiger partial charge on any atom is -0.414 e.